The second-order valence-electron chi connectivity index (χ2n) is 4.68. The molecule has 0 bridgehead atoms. The molecule has 0 aliphatic rings. The van der Waals surface area contributed by atoms with Crippen LogP contribution < -0.4 is 10.5 Å². The van der Waals surface area contributed by atoms with Crippen LogP contribution in [0.4, 0.5) is 15.8 Å². The van der Waals surface area contributed by atoms with E-state index in [0.717, 1.165) is 0 Å². The normalized spacial score (nSPS) is 11.4. The first-order valence-corrected chi connectivity index (χ1v) is 8.33. The quantitative estimate of drug-likeness (QED) is 0.808. The van der Waals surface area contributed by atoms with Crippen LogP contribution in [0.3, 0.4) is 0 Å². The van der Waals surface area contributed by atoms with E-state index in [1.54, 1.807) is 19.9 Å². The molecule has 4 nitrogen and oxygen atoms in total. The van der Waals surface area contributed by atoms with Crippen LogP contribution >= 0.6 is 15.9 Å². The summed E-state index contributed by atoms with van der Waals surface area (Å²) in [7, 11) is -3.81. The number of rotatable bonds is 3. The Morgan fingerprint density at radius 1 is 1.19 bits per heavy atom. The molecule has 0 radical (unpaired) electrons. The topological polar surface area (TPSA) is 72.2 Å². The van der Waals surface area contributed by atoms with E-state index in [1.165, 1.54) is 24.3 Å². The lowest BCUT2D eigenvalue weighted by molar-refractivity contribution is 0.600. The molecule has 2 rings (SSSR count). The van der Waals surface area contributed by atoms with Crippen molar-refractivity contribution < 1.29 is 12.8 Å². The molecule has 0 heterocycles. The van der Waals surface area contributed by atoms with Crippen LogP contribution in [0.2, 0.25) is 0 Å². The monoisotopic (exact) mass is 372 g/mol. The van der Waals surface area contributed by atoms with E-state index in [4.69, 9.17) is 5.73 Å². The van der Waals surface area contributed by atoms with Gasteiger partial charge in [0.15, 0.2) is 0 Å². The van der Waals surface area contributed by atoms with Crippen LogP contribution in [0.5, 0.6) is 0 Å². The summed E-state index contributed by atoms with van der Waals surface area (Å²) < 4.78 is 41.1. The number of hydrogen-bond acceptors (Lipinski definition) is 3. The number of sulfonamides is 1. The number of nitrogens with one attached hydrogen (secondary N) is 1. The molecule has 3 N–H and O–H groups in total. The van der Waals surface area contributed by atoms with E-state index >= 15 is 0 Å². The molecular weight excluding hydrogens is 359 g/mol. The molecule has 0 aliphatic carbocycles. The Kier molecular flexibility index (Phi) is 4.25. The van der Waals surface area contributed by atoms with Crippen molar-refractivity contribution >= 4 is 37.3 Å². The van der Waals surface area contributed by atoms with Gasteiger partial charge in [-0.15, -0.1) is 0 Å². The minimum Gasteiger partial charge on any atom is -0.398 e. The minimum absolute atomic E-state index is 0.0816. The fraction of sp³-hybridized carbons (Fsp3) is 0.143. The summed E-state index contributed by atoms with van der Waals surface area (Å²) in [4.78, 5) is 0.0816. The van der Waals surface area contributed by atoms with E-state index in [-0.39, 0.29) is 4.90 Å². The van der Waals surface area contributed by atoms with E-state index in [9.17, 15) is 12.8 Å². The minimum atomic E-state index is -3.81. The highest BCUT2D eigenvalue weighted by Crippen LogP contribution is 2.28. The number of benzene rings is 2. The summed E-state index contributed by atoms with van der Waals surface area (Å²) in [5, 5.41) is 0. The molecule has 0 saturated carbocycles. The lowest BCUT2D eigenvalue weighted by Crippen LogP contribution is -2.16. The van der Waals surface area contributed by atoms with Gasteiger partial charge in [0.1, 0.15) is 5.82 Å². The zero-order valence-corrected chi connectivity index (χ0v) is 13.8. The Balaban J connectivity index is 2.48. The zero-order valence-electron chi connectivity index (χ0n) is 11.4. The molecular formula is C14H14BrFN2O2S. The molecule has 21 heavy (non-hydrogen) atoms. The molecule has 0 fully saturated rings. The number of hydrogen-bond donors (Lipinski definition) is 2. The Morgan fingerprint density at radius 3 is 2.48 bits per heavy atom. The van der Waals surface area contributed by atoms with Gasteiger partial charge in [0.05, 0.1) is 10.6 Å². The summed E-state index contributed by atoms with van der Waals surface area (Å²) >= 11 is 3.23. The van der Waals surface area contributed by atoms with Crippen LogP contribution in [0.15, 0.2) is 39.7 Å². The predicted octanol–water partition coefficient (Wildman–Crippen LogP) is 3.59. The lowest BCUT2D eigenvalue weighted by Gasteiger charge is -2.14. The van der Waals surface area contributed by atoms with E-state index in [0.29, 0.717) is 27.0 Å². The van der Waals surface area contributed by atoms with Gasteiger partial charge >= 0.3 is 0 Å². The highest BCUT2D eigenvalue weighted by Gasteiger charge is 2.20. The van der Waals surface area contributed by atoms with Crippen LogP contribution in [-0.2, 0) is 10.0 Å². The van der Waals surface area contributed by atoms with E-state index < -0.39 is 15.8 Å². The molecule has 0 amide bonds. The third-order valence-electron chi connectivity index (χ3n) is 3.09. The summed E-state index contributed by atoms with van der Waals surface area (Å²) in [5.74, 6) is -0.418. The number of halogens is 2. The highest BCUT2D eigenvalue weighted by atomic mass is 79.9. The van der Waals surface area contributed by atoms with Gasteiger partial charge in [-0.1, -0.05) is 15.9 Å². The summed E-state index contributed by atoms with van der Waals surface area (Å²) in [6, 6.07) is 6.97. The number of anilines is 2. The van der Waals surface area contributed by atoms with Crippen molar-refractivity contribution in [2.24, 2.45) is 0 Å². The van der Waals surface area contributed by atoms with Crippen molar-refractivity contribution in [2.75, 3.05) is 10.5 Å². The van der Waals surface area contributed by atoms with Crippen molar-refractivity contribution in [3.05, 3.63) is 51.7 Å². The van der Waals surface area contributed by atoms with Crippen molar-refractivity contribution in [1.82, 2.24) is 0 Å². The van der Waals surface area contributed by atoms with Crippen LogP contribution in [0.1, 0.15) is 11.1 Å². The molecule has 2 aromatic carbocycles. The maximum absolute atomic E-state index is 13.1. The highest BCUT2D eigenvalue weighted by molar-refractivity contribution is 9.10. The molecule has 2 aromatic rings. The van der Waals surface area contributed by atoms with Gasteiger partial charge in [-0.3, -0.25) is 4.72 Å². The Hall–Kier alpha value is -1.60. The van der Waals surface area contributed by atoms with Crippen LogP contribution in [0.25, 0.3) is 0 Å². The largest absolute Gasteiger partial charge is 0.398 e. The molecule has 0 saturated heterocycles. The third-order valence-corrected chi connectivity index (χ3v) is 5.04. The first-order chi connectivity index (χ1) is 9.70. The summed E-state index contributed by atoms with van der Waals surface area (Å²) in [5.41, 5.74) is 7.46. The van der Waals surface area contributed by atoms with Crippen molar-refractivity contribution in [3.8, 4) is 0 Å². The Morgan fingerprint density at radius 2 is 1.86 bits per heavy atom. The standard InChI is InChI=1S/C14H14BrFN2O2S/c1-8-5-11(16)3-4-13(8)18-21(19,20)14-7-10(15)6-12(17)9(14)2/h3-7,18H,17H2,1-2H3. The van der Waals surface area contributed by atoms with Gasteiger partial charge in [0, 0.05) is 10.2 Å². The maximum Gasteiger partial charge on any atom is 0.262 e. The molecule has 0 spiro atoms. The zero-order chi connectivity index (χ0) is 15.8. The Labute approximate surface area is 131 Å². The summed E-state index contributed by atoms with van der Waals surface area (Å²) in [6.45, 7) is 3.26. The molecule has 0 atom stereocenters. The fourth-order valence-electron chi connectivity index (χ4n) is 1.89. The van der Waals surface area contributed by atoms with Gasteiger partial charge in [-0.25, -0.2) is 12.8 Å². The van der Waals surface area contributed by atoms with Crippen molar-refractivity contribution in [1.29, 1.82) is 0 Å². The van der Waals surface area contributed by atoms with Gasteiger partial charge in [0.25, 0.3) is 10.0 Å². The molecule has 112 valence electrons. The molecule has 0 unspecified atom stereocenters. The SMILES string of the molecule is Cc1cc(F)ccc1NS(=O)(=O)c1cc(Br)cc(N)c1C. The van der Waals surface area contributed by atoms with Crippen LogP contribution in [-0.4, -0.2) is 8.42 Å². The molecule has 0 aliphatic heterocycles. The van der Waals surface area contributed by atoms with Crippen LogP contribution in [0, 0.1) is 19.7 Å². The fourth-order valence-corrected chi connectivity index (χ4v) is 3.95. The van der Waals surface area contributed by atoms with Crippen molar-refractivity contribution in [2.45, 2.75) is 18.7 Å². The number of aryl methyl sites for hydroxylation is 1. The smallest absolute Gasteiger partial charge is 0.262 e. The van der Waals surface area contributed by atoms with Gasteiger partial charge in [-0.05, 0) is 55.3 Å². The molecule has 7 heteroatoms. The van der Waals surface area contributed by atoms with Crippen molar-refractivity contribution in [3.63, 3.8) is 0 Å². The first-order valence-electron chi connectivity index (χ1n) is 6.05. The maximum atomic E-state index is 13.1. The average molecular weight is 373 g/mol. The Bertz CT molecular complexity index is 807. The molecule has 0 aromatic heterocycles. The lowest BCUT2D eigenvalue weighted by atomic mass is 10.2. The number of nitrogen functional groups attached to an aromatic ring is 1. The summed E-state index contributed by atoms with van der Waals surface area (Å²) in [6.07, 6.45) is 0. The third kappa shape index (κ3) is 3.36. The van der Waals surface area contributed by atoms with Gasteiger partial charge in [0.2, 0.25) is 0 Å². The number of nitrogens with two attached hydrogens (primary N) is 1. The van der Waals surface area contributed by atoms with E-state index in [2.05, 4.69) is 20.7 Å². The van der Waals surface area contributed by atoms with E-state index in [1.807, 2.05) is 0 Å². The van der Waals surface area contributed by atoms with Gasteiger partial charge < -0.3 is 5.73 Å². The predicted molar refractivity (Wildman–Crippen MR) is 85.2 cm³/mol. The average Bonchev–Trinajstić information content (AvgIpc) is 2.37. The second-order valence-corrected chi connectivity index (χ2v) is 7.25. The van der Waals surface area contributed by atoms with Gasteiger partial charge in [-0.2, -0.15) is 0 Å². The second kappa shape index (κ2) is 5.65. The first kappa shape index (κ1) is 15.8.